The van der Waals surface area contributed by atoms with E-state index in [0.717, 1.165) is 5.89 Å². The Hall–Kier alpha value is -0.900. The van der Waals surface area contributed by atoms with Crippen molar-refractivity contribution in [3.63, 3.8) is 0 Å². The maximum Gasteiger partial charge on any atom is 0.233 e. The summed E-state index contributed by atoms with van der Waals surface area (Å²) in [5.74, 6) is 2.05. The minimum Gasteiger partial charge on any atom is -0.423 e. The molecule has 1 aliphatic rings. The number of nitrogens with one attached hydrogen (secondary N) is 1. The number of hydrogen-bond acceptors (Lipinski definition) is 4. The minimum absolute atomic E-state index is 0.151. The molecule has 4 heteroatoms. The Bertz CT molecular complexity index is 291. The van der Waals surface area contributed by atoms with Crippen LogP contribution in [-0.2, 0) is 0 Å². The molecule has 0 amide bonds. The van der Waals surface area contributed by atoms with Gasteiger partial charge in [0.05, 0.1) is 6.04 Å². The molecule has 1 aliphatic carbocycles. The molecule has 1 saturated carbocycles. The molecule has 1 atom stereocenters. The van der Waals surface area contributed by atoms with Gasteiger partial charge in [0.15, 0.2) is 0 Å². The van der Waals surface area contributed by atoms with Crippen LogP contribution in [0.4, 0.5) is 0 Å². The summed E-state index contributed by atoms with van der Waals surface area (Å²) in [5, 5.41) is 11.3. The number of rotatable bonds is 3. The lowest BCUT2D eigenvalue weighted by atomic mass is 10.1. The molecule has 1 aromatic rings. The molecular weight excluding hydrogens is 178 g/mol. The Morgan fingerprint density at radius 3 is 2.71 bits per heavy atom. The average molecular weight is 195 g/mol. The monoisotopic (exact) mass is 195 g/mol. The molecule has 1 aromatic heterocycles. The maximum atomic E-state index is 5.64. The van der Waals surface area contributed by atoms with Crippen molar-refractivity contribution in [3.8, 4) is 0 Å². The van der Waals surface area contributed by atoms with Crippen LogP contribution in [0.3, 0.4) is 0 Å². The SMILES string of the molecule is CNC(C)c1nnc(C2CCCC2)o1. The lowest BCUT2D eigenvalue weighted by molar-refractivity contribution is 0.383. The van der Waals surface area contributed by atoms with E-state index in [0.29, 0.717) is 11.8 Å². The van der Waals surface area contributed by atoms with Crippen molar-refractivity contribution in [1.82, 2.24) is 15.5 Å². The predicted molar refractivity (Wildman–Crippen MR) is 53.0 cm³/mol. The molecule has 0 spiro atoms. The standard InChI is InChI=1S/C10H17N3O/c1-7(11-2)9-12-13-10(14-9)8-5-3-4-6-8/h7-8,11H,3-6H2,1-2H3. The Kier molecular flexibility index (Phi) is 2.82. The molecule has 1 heterocycles. The van der Waals surface area contributed by atoms with Crippen molar-refractivity contribution in [2.45, 2.75) is 44.6 Å². The molecule has 2 rings (SSSR count). The third kappa shape index (κ3) is 1.80. The molecule has 1 fully saturated rings. The second-order valence-electron chi connectivity index (χ2n) is 3.97. The van der Waals surface area contributed by atoms with Crippen LogP contribution in [0.5, 0.6) is 0 Å². The summed E-state index contributed by atoms with van der Waals surface area (Å²) in [4.78, 5) is 0. The highest BCUT2D eigenvalue weighted by molar-refractivity contribution is 4.96. The summed E-state index contributed by atoms with van der Waals surface area (Å²) in [7, 11) is 1.89. The van der Waals surface area contributed by atoms with E-state index < -0.39 is 0 Å². The zero-order chi connectivity index (χ0) is 9.97. The van der Waals surface area contributed by atoms with Crippen molar-refractivity contribution < 1.29 is 4.42 Å². The van der Waals surface area contributed by atoms with Gasteiger partial charge < -0.3 is 9.73 Å². The van der Waals surface area contributed by atoms with E-state index in [-0.39, 0.29) is 6.04 Å². The summed E-state index contributed by atoms with van der Waals surface area (Å²) in [5.41, 5.74) is 0. The van der Waals surface area contributed by atoms with Crippen LogP contribution in [0.25, 0.3) is 0 Å². The van der Waals surface area contributed by atoms with E-state index in [1.54, 1.807) is 0 Å². The molecule has 0 saturated heterocycles. The third-order valence-corrected chi connectivity index (χ3v) is 2.96. The molecule has 14 heavy (non-hydrogen) atoms. The molecule has 1 N–H and O–H groups in total. The molecule has 1 unspecified atom stereocenters. The van der Waals surface area contributed by atoms with E-state index in [1.807, 2.05) is 14.0 Å². The molecule has 0 radical (unpaired) electrons. The van der Waals surface area contributed by atoms with Crippen molar-refractivity contribution in [1.29, 1.82) is 0 Å². The Morgan fingerprint density at radius 2 is 2.07 bits per heavy atom. The van der Waals surface area contributed by atoms with Gasteiger partial charge in [-0.3, -0.25) is 0 Å². The lowest BCUT2D eigenvalue weighted by Gasteiger charge is -2.04. The fraction of sp³-hybridized carbons (Fsp3) is 0.800. The number of nitrogens with zero attached hydrogens (tertiary/aromatic N) is 2. The van der Waals surface area contributed by atoms with Gasteiger partial charge in [-0.2, -0.15) is 0 Å². The molecule has 0 aliphatic heterocycles. The van der Waals surface area contributed by atoms with Gasteiger partial charge in [0.2, 0.25) is 11.8 Å². The summed E-state index contributed by atoms with van der Waals surface area (Å²) >= 11 is 0. The van der Waals surface area contributed by atoms with Crippen LogP contribution in [0, 0.1) is 0 Å². The molecule has 0 bridgehead atoms. The second-order valence-corrected chi connectivity index (χ2v) is 3.97. The first-order chi connectivity index (χ1) is 6.81. The Morgan fingerprint density at radius 1 is 1.36 bits per heavy atom. The molecule has 0 aromatic carbocycles. The van der Waals surface area contributed by atoms with Crippen LogP contribution < -0.4 is 5.32 Å². The fourth-order valence-electron chi connectivity index (χ4n) is 1.88. The van der Waals surface area contributed by atoms with Crippen molar-refractivity contribution in [3.05, 3.63) is 11.8 Å². The smallest absolute Gasteiger partial charge is 0.233 e. The highest BCUT2D eigenvalue weighted by atomic mass is 16.4. The summed E-state index contributed by atoms with van der Waals surface area (Å²) in [6.07, 6.45) is 5.00. The average Bonchev–Trinajstić information content (AvgIpc) is 2.86. The van der Waals surface area contributed by atoms with Gasteiger partial charge >= 0.3 is 0 Å². The normalized spacial score (nSPS) is 20.1. The van der Waals surface area contributed by atoms with E-state index in [9.17, 15) is 0 Å². The molecule has 4 nitrogen and oxygen atoms in total. The van der Waals surface area contributed by atoms with Crippen molar-refractivity contribution >= 4 is 0 Å². The third-order valence-electron chi connectivity index (χ3n) is 2.96. The van der Waals surface area contributed by atoms with Gasteiger partial charge in [-0.25, -0.2) is 0 Å². The summed E-state index contributed by atoms with van der Waals surface area (Å²) < 4.78 is 5.64. The van der Waals surface area contributed by atoms with Gasteiger partial charge in [0.25, 0.3) is 0 Å². The lowest BCUT2D eigenvalue weighted by Crippen LogP contribution is -2.12. The summed E-state index contributed by atoms with van der Waals surface area (Å²) in [6.45, 7) is 2.02. The van der Waals surface area contributed by atoms with Crippen molar-refractivity contribution in [2.24, 2.45) is 0 Å². The van der Waals surface area contributed by atoms with Crippen LogP contribution in [0.1, 0.15) is 56.3 Å². The van der Waals surface area contributed by atoms with Gasteiger partial charge in [0.1, 0.15) is 0 Å². The zero-order valence-corrected chi connectivity index (χ0v) is 8.79. The van der Waals surface area contributed by atoms with Crippen LogP contribution in [0.2, 0.25) is 0 Å². The maximum absolute atomic E-state index is 5.64. The zero-order valence-electron chi connectivity index (χ0n) is 8.79. The molecule has 78 valence electrons. The second kappa shape index (κ2) is 4.09. The van der Waals surface area contributed by atoms with Gasteiger partial charge in [-0.05, 0) is 26.8 Å². The van der Waals surface area contributed by atoms with Gasteiger partial charge in [0, 0.05) is 5.92 Å². The van der Waals surface area contributed by atoms with Gasteiger partial charge in [-0.1, -0.05) is 12.8 Å². The van der Waals surface area contributed by atoms with Crippen LogP contribution in [-0.4, -0.2) is 17.2 Å². The first kappa shape index (κ1) is 9.65. The Balaban J connectivity index is 2.08. The molecular formula is C10H17N3O. The van der Waals surface area contributed by atoms with Crippen LogP contribution >= 0.6 is 0 Å². The summed E-state index contributed by atoms with van der Waals surface area (Å²) in [6, 6.07) is 0.151. The van der Waals surface area contributed by atoms with E-state index in [4.69, 9.17) is 4.42 Å². The Labute approximate surface area is 84.1 Å². The highest BCUT2D eigenvalue weighted by Gasteiger charge is 2.23. The van der Waals surface area contributed by atoms with E-state index in [1.165, 1.54) is 25.7 Å². The minimum atomic E-state index is 0.151. The predicted octanol–water partition coefficient (Wildman–Crippen LogP) is 2.01. The topological polar surface area (TPSA) is 51.0 Å². The number of hydrogen-bond donors (Lipinski definition) is 1. The largest absolute Gasteiger partial charge is 0.423 e. The van der Waals surface area contributed by atoms with Crippen LogP contribution in [0.15, 0.2) is 4.42 Å². The van der Waals surface area contributed by atoms with E-state index >= 15 is 0 Å². The fourth-order valence-corrected chi connectivity index (χ4v) is 1.88. The van der Waals surface area contributed by atoms with Gasteiger partial charge in [-0.15, -0.1) is 10.2 Å². The quantitative estimate of drug-likeness (QED) is 0.801. The van der Waals surface area contributed by atoms with E-state index in [2.05, 4.69) is 15.5 Å². The first-order valence-corrected chi connectivity index (χ1v) is 5.32. The highest BCUT2D eigenvalue weighted by Crippen LogP contribution is 2.33. The number of aromatic nitrogens is 2. The first-order valence-electron chi connectivity index (χ1n) is 5.32. The van der Waals surface area contributed by atoms with Crippen molar-refractivity contribution in [2.75, 3.05) is 7.05 Å².